The van der Waals surface area contributed by atoms with E-state index in [0.29, 0.717) is 19.8 Å². The van der Waals surface area contributed by atoms with E-state index in [9.17, 15) is 4.79 Å². The molecule has 5 heteroatoms. The number of nitrogens with one attached hydrogen (secondary N) is 1. The summed E-state index contributed by atoms with van der Waals surface area (Å²) in [6.45, 7) is 5.15. The van der Waals surface area contributed by atoms with Crippen LogP contribution in [0.2, 0.25) is 0 Å². The Kier molecular flexibility index (Phi) is 8.27. The van der Waals surface area contributed by atoms with Crippen molar-refractivity contribution in [3.05, 3.63) is 0 Å². The first-order chi connectivity index (χ1) is 6.70. The summed E-state index contributed by atoms with van der Waals surface area (Å²) in [6, 6.07) is 0. The molecule has 5 nitrogen and oxygen atoms in total. The molecule has 0 fully saturated rings. The molecule has 0 aliphatic heterocycles. The van der Waals surface area contributed by atoms with Gasteiger partial charge in [0.15, 0.2) is 0 Å². The molecular formula is C9H20N2O3. The standard InChI is InChI=1S/C9H20N2O3/c1-4-14-9(12)10-5-6-11(2)7-8-13-3/h4-8H2,1-3H3,(H,10,12). The van der Waals surface area contributed by atoms with Crippen LogP contribution < -0.4 is 5.32 Å². The Labute approximate surface area is 85.4 Å². The van der Waals surface area contributed by atoms with Gasteiger partial charge in [-0.2, -0.15) is 0 Å². The van der Waals surface area contributed by atoms with Crippen LogP contribution in [-0.4, -0.2) is 58.0 Å². The van der Waals surface area contributed by atoms with Crippen LogP contribution in [-0.2, 0) is 9.47 Å². The Morgan fingerprint density at radius 2 is 2.14 bits per heavy atom. The van der Waals surface area contributed by atoms with E-state index in [1.54, 1.807) is 14.0 Å². The van der Waals surface area contributed by atoms with Gasteiger partial charge in [0.2, 0.25) is 0 Å². The lowest BCUT2D eigenvalue weighted by molar-refractivity contribution is 0.146. The molecule has 0 aliphatic rings. The van der Waals surface area contributed by atoms with E-state index in [1.807, 2.05) is 7.05 Å². The summed E-state index contributed by atoms with van der Waals surface area (Å²) < 4.78 is 9.64. The number of hydrogen-bond donors (Lipinski definition) is 1. The van der Waals surface area contributed by atoms with Crippen LogP contribution in [0.15, 0.2) is 0 Å². The van der Waals surface area contributed by atoms with Gasteiger partial charge >= 0.3 is 6.09 Å². The highest BCUT2D eigenvalue weighted by Crippen LogP contribution is 1.82. The van der Waals surface area contributed by atoms with Crippen molar-refractivity contribution in [2.24, 2.45) is 0 Å². The number of likely N-dealkylation sites (N-methyl/N-ethyl adjacent to an activating group) is 1. The third-order valence-corrected chi connectivity index (χ3v) is 1.72. The summed E-state index contributed by atoms with van der Waals surface area (Å²) in [6.07, 6.45) is -0.354. The molecule has 14 heavy (non-hydrogen) atoms. The Balaban J connectivity index is 3.29. The fourth-order valence-electron chi connectivity index (χ4n) is 0.890. The molecule has 84 valence electrons. The number of hydrogen-bond acceptors (Lipinski definition) is 4. The maximum Gasteiger partial charge on any atom is 0.407 e. The van der Waals surface area contributed by atoms with E-state index in [1.165, 1.54) is 0 Å². The van der Waals surface area contributed by atoms with Gasteiger partial charge in [0.05, 0.1) is 13.2 Å². The minimum absolute atomic E-state index is 0.354. The normalized spacial score (nSPS) is 10.3. The summed E-state index contributed by atoms with van der Waals surface area (Å²) >= 11 is 0. The van der Waals surface area contributed by atoms with Crippen LogP contribution in [0.25, 0.3) is 0 Å². The molecule has 0 spiro atoms. The Morgan fingerprint density at radius 3 is 2.71 bits per heavy atom. The van der Waals surface area contributed by atoms with Crippen molar-refractivity contribution in [2.45, 2.75) is 6.92 Å². The lowest BCUT2D eigenvalue weighted by Crippen LogP contribution is -2.34. The number of carbonyl (C=O) groups is 1. The Hall–Kier alpha value is -0.810. The lowest BCUT2D eigenvalue weighted by atomic mass is 10.5. The van der Waals surface area contributed by atoms with Crippen molar-refractivity contribution >= 4 is 6.09 Å². The molecule has 1 N–H and O–H groups in total. The van der Waals surface area contributed by atoms with Crippen molar-refractivity contribution in [2.75, 3.05) is 47.0 Å². The molecule has 0 aromatic carbocycles. The number of rotatable bonds is 7. The first-order valence-corrected chi connectivity index (χ1v) is 4.78. The highest BCUT2D eigenvalue weighted by molar-refractivity contribution is 5.66. The van der Waals surface area contributed by atoms with Gasteiger partial charge in [0.25, 0.3) is 0 Å². The molecule has 0 bridgehead atoms. The van der Waals surface area contributed by atoms with E-state index in [-0.39, 0.29) is 6.09 Å². The summed E-state index contributed by atoms with van der Waals surface area (Å²) in [5, 5.41) is 2.65. The highest BCUT2D eigenvalue weighted by atomic mass is 16.5. The monoisotopic (exact) mass is 204 g/mol. The first-order valence-electron chi connectivity index (χ1n) is 4.78. The molecule has 0 saturated heterocycles. The maximum absolute atomic E-state index is 10.9. The summed E-state index contributed by atoms with van der Waals surface area (Å²) in [5.74, 6) is 0. The van der Waals surface area contributed by atoms with Gasteiger partial charge in [-0.05, 0) is 14.0 Å². The number of ether oxygens (including phenoxy) is 2. The van der Waals surface area contributed by atoms with Crippen molar-refractivity contribution in [1.82, 2.24) is 10.2 Å². The zero-order chi connectivity index (χ0) is 10.8. The predicted octanol–water partition coefficient (Wildman–Crippen LogP) is 0.311. The number of methoxy groups -OCH3 is 1. The smallest absolute Gasteiger partial charge is 0.407 e. The number of amides is 1. The average molecular weight is 204 g/mol. The summed E-state index contributed by atoms with van der Waals surface area (Å²) in [7, 11) is 3.65. The van der Waals surface area contributed by atoms with Gasteiger partial charge in [0.1, 0.15) is 0 Å². The molecule has 0 aromatic rings. The minimum Gasteiger partial charge on any atom is -0.450 e. The van der Waals surface area contributed by atoms with E-state index in [0.717, 1.165) is 13.1 Å². The van der Waals surface area contributed by atoms with Crippen LogP contribution >= 0.6 is 0 Å². The minimum atomic E-state index is -0.354. The number of alkyl carbamates (subject to hydrolysis) is 1. The van der Waals surface area contributed by atoms with Crippen LogP contribution in [0.5, 0.6) is 0 Å². The molecule has 1 amide bonds. The SMILES string of the molecule is CCOC(=O)NCCN(C)CCOC. The van der Waals surface area contributed by atoms with Crippen LogP contribution in [0.3, 0.4) is 0 Å². The maximum atomic E-state index is 10.9. The molecule has 0 radical (unpaired) electrons. The van der Waals surface area contributed by atoms with Crippen molar-refractivity contribution in [1.29, 1.82) is 0 Å². The fraction of sp³-hybridized carbons (Fsp3) is 0.889. The van der Waals surface area contributed by atoms with Crippen LogP contribution in [0.1, 0.15) is 6.92 Å². The second kappa shape index (κ2) is 8.77. The molecule has 0 rings (SSSR count). The molecule has 0 aliphatic carbocycles. The Morgan fingerprint density at radius 1 is 1.43 bits per heavy atom. The van der Waals surface area contributed by atoms with Gasteiger partial charge in [-0.3, -0.25) is 0 Å². The van der Waals surface area contributed by atoms with E-state index in [2.05, 4.69) is 10.2 Å². The summed E-state index contributed by atoms with van der Waals surface area (Å²) in [5.41, 5.74) is 0. The van der Waals surface area contributed by atoms with Gasteiger partial charge < -0.3 is 19.7 Å². The van der Waals surface area contributed by atoms with Gasteiger partial charge in [-0.1, -0.05) is 0 Å². The lowest BCUT2D eigenvalue weighted by Gasteiger charge is -2.15. The third kappa shape index (κ3) is 7.82. The van der Waals surface area contributed by atoms with Gasteiger partial charge in [-0.25, -0.2) is 4.79 Å². The zero-order valence-corrected chi connectivity index (χ0v) is 9.21. The number of carbonyl (C=O) groups excluding carboxylic acids is 1. The number of nitrogens with zero attached hydrogens (tertiary/aromatic N) is 1. The van der Waals surface area contributed by atoms with Crippen molar-refractivity contribution in [3.63, 3.8) is 0 Å². The second-order valence-corrected chi connectivity index (χ2v) is 2.94. The first kappa shape index (κ1) is 13.2. The molecule has 0 heterocycles. The second-order valence-electron chi connectivity index (χ2n) is 2.94. The fourth-order valence-corrected chi connectivity index (χ4v) is 0.890. The quantitative estimate of drug-likeness (QED) is 0.648. The van der Waals surface area contributed by atoms with Gasteiger partial charge in [0, 0.05) is 26.7 Å². The molecule has 0 saturated carbocycles. The average Bonchev–Trinajstić information content (AvgIpc) is 2.15. The summed E-state index contributed by atoms with van der Waals surface area (Å²) in [4.78, 5) is 12.9. The predicted molar refractivity (Wildman–Crippen MR) is 54.4 cm³/mol. The van der Waals surface area contributed by atoms with E-state index in [4.69, 9.17) is 9.47 Å². The zero-order valence-electron chi connectivity index (χ0n) is 9.21. The highest BCUT2D eigenvalue weighted by Gasteiger charge is 2.00. The third-order valence-electron chi connectivity index (χ3n) is 1.72. The van der Waals surface area contributed by atoms with E-state index < -0.39 is 0 Å². The van der Waals surface area contributed by atoms with E-state index >= 15 is 0 Å². The van der Waals surface area contributed by atoms with Crippen molar-refractivity contribution < 1.29 is 14.3 Å². The van der Waals surface area contributed by atoms with Crippen molar-refractivity contribution in [3.8, 4) is 0 Å². The van der Waals surface area contributed by atoms with Crippen LogP contribution in [0, 0.1) is 0 Å². The molecule has 0 unspecified atom stereocenters. The Bertz CT molecular complexity index is 153. The largest absolute Gasteiger partial charge is 0.450 e. The van der Waals surface area contributed by atoms with Gasteiger partial charge in [-0.15, -0.1) is 0 Å². The molecule has 0 aromatic heterocycles. The molecule has 0 atom stereocenters. The van der Waals surface area contributed by atoms with Crippen LogP contribution in [0.4, 0.5) is 4.79 Å². The topological polar surface area (TPSA) is 50.8 Å². The molecular weight excluding hydrogens is 184 g/mol.